The predicted molar refractivity (Wildman–Crippen MR) is 87.0 cm³/mol. The van der Waals surface area contributed by atoms with Gasteiger partial charge in [0.2, 0.25) is 0 Å². The molecule has 1 aliphatic heterocycles. The van der Waals surface area contributed by atoms with Gasteiger partial charge in [-0.25, -0.2) is 0 Å². The first-order valence-corrected chi connectivity index (χ1v) is 8.29. The Morgan fingerprint density at radius 2 is 1.74 bits per heavy atom. The third kappa shape index (κ3) is 3.41. The third-order valence-corrected chi connectivity index (χ3v) is 4.62. The number of hydrogen-bond donors (Lipinski definition) is 0. The number of nitrogens with zero attached hydrogens (tertiary/aromatic N) is 1. The lowest BCUT2D eigenvalue weighted by Crippen LogP contribution is -2.35. The normalized spacial score (nSPS) is 24.1. The van der Waals surface area contributed by atoms with Gasteiger partial charge < -0.3 is 4.90 Å². The lowest BCUT2D eigenvalue weighted by molar-refractivity contribution is -0.125. The molecule has 1 aliphatic carbocycles. The van der Waals surface area contributed by atoms with Crippen LogP contribution in [0.5, 0.6) is 0 Å². The first-order chi connectivity index (χ1) is 11.2. The molecule has 1 saturated heterocycles. The Bertz CT molecular complexity index is 642. The van der Waals surface area contributed by atoms with Gasteiger partial charge in [-0.2, -0.15) is 0 Å². The van der Waals surface area contributed by atoms with Gasteiger partial charge in [-0.3, -0.25) is 14.4 Å². The molecule has 0 N–H and O–H groups in total. The summed E-state index contributed by atoms with van der Waals surface area (Å²) in [5.74, 6) is -1.32. The first kappa shape index (κ1) is 15.7. The fraction of sp³-hybridized carbons (Fsp3) is 0.421. The number of allylic oxidation sites excluding steroid dienone is 1. The Morgan fingerprint density at radius 1 is 1.04 bits per heavy atom. The van der Waals surface area contributed by atoms with Crippen molar-refractivity contribution < 1.29 is 14.4 Å². The van der Waals surface area contributed by atoms with Crippen LogP contribution in [0.4, 0.5) is 0 Å². The highest BCUT2D eigenvalue weighted by Crippen LogP contribution is 2.27. The lowest BCUT2D eigenvalue weighted by atomic mass is 9.79. The number of carbonyl (C=O) groups is 3. The molecule has 4 heteroatoms. The van der Waals surface area contributed by atoms with Crippen LogP contribution in [0, 0.1) is 5.92 Å². The number of rotatable bonds is 3. The smallest absolute Gasteiger partial charge is 0.178 e. The van der Waals surface area contributed by atoms with E-state index < -0.39 is 5.92 Å². The molecule has 0 amide bonds. The topological polar surface area (TPSA) is 54.5 Å². The van der Waals surface area contributed by atoms with Crippen molar-refractivity contribution in [3.8, 4) is 0 Å². The fourth-order valence-corrected chi connectivity index (χ4v) is 3.29. The van der Waals surface area contributed by atoms with E-state index in [1.165, 1.54) is 6.42 Å². The van der Waals surface area contributed by atoms with E-state index in [2.05, 4.69) is 0 Å². The van der Waals surface area contributed by atoms with Crippen LogP contribution in [0.2, 0.25) is 0 Å². The maximum Gasteiger partial charge on any atom is 0.178 e. The van der Waals surface area contributed by atoms with Crippen LogP contribution < -0.4 is 0 Å². The average Bonchev–Trinajstić information content (AvgIpc) is 2.60. The summed E-state index contributed by atoms with van der Waals surface area (Å²) in [5.41, 5.74) is 0.755. The van der Waals surface area contributed by atoms with E-state index in [-0.39, 0.29) is 29.3 Å². The van der Waals surface area contributed by atoms with Gasteiger partial charge in [0, 0.05) is 31.3 Å². The van der Waals surface area contributed by atoms with Gasteiger partial charge in [0.1, 0.15) is 0 Å². The summed E-state index contributed by atoms with van der Waals surface area (Å²) >= 11 is 0. The van der Waals surface area contributed by atoms with Gasteiger partial charge in [-0.05, 0) is 25.7 Å². The van der Waals surface area contributed by atoms with Crippen LogP contribution >= 0.6 is 0 Å². The Hall–Kier alpha value is -2.23. The van der Waals surface area contributed by atoms with Crippen molar-refractivity contribution in [1.29, 1.82) is 0 Å². The quantitative estimate of drug-likeness (QED) is 0.373. The van der Waals surface area contributed by atoms with Crippen LogP contribution in [0.15, 0.2) is 42.1 Å². The third-order valence-electron chi connectivity index (χ3n) is 4.62. The summed E-state index contributed by atoms with van der Waals surface area (Å²) in [6, 6.07) is 8.86. The molecule has 1 aromatic carbocycles. The van der Waals surface area contributed by atoms with Crippen LogP contribution in [-0.4, -0.2) is 35.3 Å². The summed E-state index contributed by atoms with van der Waals surface area (Å²) in [6.07, 6.45) is 5.65. The molecule has 0 bridgehead atoms. The second-order valence-electron chi connectivity index (χ2n) is 6.25. The van der Waals surface area contributed by atoms with Crippen molar-refractivity contribution in [2.75, 3.05) is 13.1 Å². The van der Waals surface area contributed by atoms with E-state index in [0.29, 0.717) is 12.0 Å². The Balaban J connectivity index is 1.81. The van der Waals surface area contributed by atoms with Gasteiger partial charge in [0.25, 0.3) is 0 Å². The monoisotopic (exact) mass is 311 g/mol. The Morgan fingerprint density at radius 3 is 2.43 bits per heavy atom. The molecule has 1 heterocycles. The molecule has 1 saturated carbocycles. The summed E-state index contributed by atoms with van der Waals surface area (Å²) < 4.78 is 0. The number of ketones is 3. The largest absolute Gasteiger partial charge is 0.377 e. The maximum atomic E-state index is 12.7. The van der Waals surface area contributed by atoms with Gasteiger partial charge >= 0.3 is 0 Å². The SMILES string of the molecule is O=C1CC[C@H](C(=O)c2ccccc2)C(=O)/C1=C\N1CCCCC1. The highest BCUT2D eigenvalue weighted by Gasteiger charge is 2.37. The zero-order valence-corrected chi connectivity index (χ0v) is 13.2. The predicted octanol–water partition coefficient (Wildman–Crippen LogP) is 2.79. The first-order valence-electron chi connectivity index (χ1n) is 8.29. The molecule has 3 rings (SSSR count). The van der Waals surface area contributed by atoms with Crippen molar-refractivity contribution in [2.45, 2.75) is 32.1 Å². The van der Waals surface area contributed by atoms with E-state index in [1.807, 2.05) is 11.0 Å². The van der Waals surface area contributed by atoms with E-state index in [9.17, 15) is 14.4 Å². The lowest BCUT2D eigenvalue weighted by Gasteiger charge is -2.28. The average molecular weight is 311 g/mol. The number of Topliss-reactive ketones (excluding diaryl/α,β-unsaturated/α-hetero) is 3. The maximum absolute atomic E-state index is 12.7. The molecule has 0 radical (unpaired) electrons. The van der Waals surface area contributed by atoms with E-state index in [0.717, 1.165) is 25.9 Å². The fourth-order valence-electron chi connectivity index (χ4n) is 3.29. The minimum absolute atomic E-state index is 0.127. The van der Waals surface area contributed by atoms with Crippen molar-refractivity contribution in [2.24, 2.45) is 5.92 Å². The summed E-state index contributed by atoms with van der Waals surface area (Å²) in [7, 11) is 0. The minimum Gasteiger partial charge on any atom is -0.377 e. The molecule has 0 unspecified atom stereocenters. The molecular formula is C19H21NO3. The van der Waals surface area contributed by atoms with Gasteiger partial charge in [0.15, 0.2) is 17.3 Å². The molecule has 0 spiro atoms. The molecule has 23 heavy (non-hydrogen) atoms. The zero-order chi connectivity index (χ0) is 16.2. The molecular weight excluding hydrogens is 290 g/mol. The molecule has 120 valence electrons. The number of benzene rings is 1. The van der Waals surface area contributed by atoms with E-state index >= 15 is 0 Å². The van der Waals surface area contributed by atoms with Crippen LogP contribution in [0.25, 0.3) is 0 Å². The standard InChI is InChI=1S/C19H21NO3/c21-17-10-9-15(18(22)14-7-3-1-4-8-14)19(23)16(17)13-20-11-5-2-6-12-20/h1,3-4,7-8,13,15H,2,5-6,9-12H2/b16-13-/t15-/m1/s1. The summed E-state index contributed by atoms with van der Waals surface area (Å²) in [5, 5.41) is 0. The summed E-state index contributed by atoms with van der Waals surface area (Å²) in [6.45, 7) is 1.75. The minimum atomic E-state index is -0.717. The Kier molecular flexibility index (Phi) is 4.70. The van der Waals surface area contributed by atoms with Crippen molar-refractivity contribution in [3.05, 3.63) is 47.7 Å². The molecule has 2 aliphatic rings. The second-order valence-corrected chi connectivity index (χ2v) is 6.25. The van der Waals surface area contributed by atoms with Gasteiger partial charge in [0.05, 0.1) is 11.5 Å². The van der Waals surface area contributed by atoms with Crippen LogP contribution in [-0.2, 0) is 9.59 Å². The number of piperidine rings is 1. The van der Waals surface area contributed by atoms with Crippen LogP contribution in [0.1, 0.15) is 42.5 Å². The number of likely N-dealkylation sites (tertiary alicyclic amines) is 1. The van der Waals surface area contributed by atoms with Gasteiger partial charge in [-0.15, -0.1) is 0 Å². The van der Waals surface area contributed by atoms with Crippen molar-refractivity contribution in [3.63, 3.8) is 0 Å². The second kappa shape index (κ2) is 6.90. The Labute approximate surface area is 136 Å². The number of carbonyl (C=O) groups excluding carboxylic acids is 3. The number of hydrogen-bond acceptors (Lipinski definition) is 4. The van der Waals surface area contributed by atoms with Gasteiger partial charge in [-0.1, -0.05) is 30.3 Å². The molecule has 0 aromatic heterocycles. The summed E-state index contributed by atoms with van der Waals surface area (Å²) in [4.78, 5) is 39.5. The molecule has 1 aromatic rings. The van der Waals surface area contributed by atoms with E-state index in [4.69, 9.17) is 0 Å². The highest BCUT2D eigenvalue weighted by molar-refractivity contribution is 6.28. The molecule has 1 atom stereocenters. The van der Waals surface area contributed by atoms with Crippen LogP contribution in [0.3, 0.4) is 0 Å². The zero-order valence-electron chi connectivity index (χ0n) is 13.2. The molecule has 2 fully saturated rings. The molecule has 4 nitrogen and oxygen atoms in total. The van der Waals surface area contributed by atoms with Crippen molar-refractivity contribution in [1.82, 2.24) is 4.90 Å². The highest BCUT2D eigenvalue weighted by atomic mass is 16.2. The van der Waals surface area contributed by atoms with E-state index in [1.54, 1.807) is 30.5 Å². The van der Waals surface area contributed by atoms with Crippen molar-refractivity contribution >= 4 is 17.3 Å².